The van der Waals surface area contributed by atoms with Crippen LogP contribution in [0.2, 0.25) is 5.02 Å². The SMILES string of the molecule is O=C1CCCN1c1ccc(NCc2ccc(Cl)cc2)cc1. The van der Waals surface area contributed by atoms with Crippen LogP contribution in [0.1, 0.15) is 18.4 Å². The average molecular weight is 301 g/mol. The summed E-state index contributed by atoms with van der Waals surface area (Å²) in [6, 6.07) is 15.8. The highest BCUT2D eigenvalue weighted by molar-refractivity contribution is 6.30. The summed E-state index contributed by atoms with van der Waals surface area (Å²) in [5.74, 6) is 0.219. The predicted molar refractivity (Wildman–Crippen MR) is 86.8 cm³/mol. The first-order valence-electron chi connectivity index (χ1n) is 7.11. The van der Waals surface area contributed by atoms with Crippen molar-refractivity contribution >= 4 is 28.9 Å². The number of nitrogens with zero attached hydrogens (tertiary/aromatic N) is 1. The normalized spacial score (nSPS) is 14.5. The van der Waals surface area contributed by atoms with Crippen LogP contribution in [0.25, 0.3) is 0 Å². The topological polar surface area (TPSA) is 32.3 Å². The molecule has 0 atom stereocenters. The van der Waals surface area contributed by atoms with Crippen molar-refractivity contribution in [3.05, 3.63) is 59.1 Å². The Morgan fingerprint density at radius 1 is 1.05 bits per heavy atom. The van der Waals surface area contributed by atoms with Crippen LogP contribution < -0.4 is 10.2 Å². The lowest BCUT2D eigenvalue weighted by Gasteiger charge is -2.16. The van der Waals surface area contributed by atoms with E-state index in [0.717, 1.165) is 35.9 Å². The quantitative estimate of drug-likeness (QED) is 0.923. The second kappa shape index (κ2) is 6.19. The zero-order valence-electron chi connectivity index (χ0n) is 11.7. The van der Waals surface area contributed by atoms with Gasteiger partial charge in [-0.1, -0.05) is 23.7 Å². The first-order valence-corrected chi connectivity index (χ1v) is 7.49. The summed E-state index contributed by atoms with van der Waals surface area (Å²) in [7, 11) is 0. The number of benzene rings is 2. The Kier molecular flexibility index (Phi) is 4.11. The van der Waals surface area contributed by atoms with Gasteiger partial charge in [0.25, 0.3) is 0 Å². The monoisotopic (exact) mass is 300 g/mol. The zero-order valence-corrected chi connectivity index (χ0v) is 12.4. The lowest BCUT2D eigenvalue weighted by molar-refractivity contribution is -0.117. The summed E-state index contributed by atoms with van der Waals surface area (Å²) in [6.07, 6.45) is 1.62. The van der Waals surface area contributed by atoms with Crippen LogP contribution in [0.15, 0.2) is 48.5 Å². The van der Waals surface area contributed by atoms with E-state index in [1.54, 1.807) is 0 Å². The van der Waals surface area contributed by atoms with Crippen LogP contribution in [-0.4, -0.2) is 12.5 Å². The highest BCUT2D eigenvalue weighted by Crippen LogP contribution is 2.23. The van der Waals surface area contributed by atoms with Gasteiger partial charge in [-0.3, -0.25) is 4.79 Å². The Morgan fingerprint density at radius 3 is 2.38 bits per heavy atom. The molecule has 0 saturated carbocycles. The number of anilines is 2. The number of hydrogen-bond donors (Lipinski definition) is 1. The lowest BCUT2D eigenvalue weighted by Crippen LogP contribution is -2.23. The third-order valence-corrected chi connectivity index (χ3v) is 3.91. The second-order valence-corrected chi connectivity index (χ2v) is 5.61. The average Bonchev–Trinajstić information content (AvgIpc) is 2.93. The molecular formula is C17H17ClN2O. The predicted octanol–water partition coefficient (Wildman–Crippen LogP) is 4.08. The standard InChI is InChI=1S/C17H17ClN2O/c18-14-5-3-13(4-6-14)12-19-15-7-9-16(10-8-15)20-11-1-2-17(20)21/h3-10,19H,1-2,11-12H2. The number of halogens is 1. The van der Waals surface area contributed by atoms with E-state index in [2.05, 4.69) is 5.32 Å². The fourth-order valence-corrected chi connectivity index (χ4v) is 2.61. The number of amides is 1. The molecule has 108 valence electrons. The minimum Gasteiger partial charge on any atom is -0.381 e. The molecule has 0 bridgehead atoms. The molecule has 0 aromatic heterocycles. The maximum absolute atomic E-state index is 11.7. The summed E-state index contributed by atoms with van der Waals surface area (Å²) in [5, 5.41) is 4.11. The van der Waals surface area contributed by atoms with Gasteiger partial charge in [0.2, 0.25) is 5.91 Å². The number of nitrogens with one attached hydrogen (secondary N) is 1. The van der Waals surface area contributed by atoms with Crippen LogP contribution in [-0.2, 0) is 11.3 Å². The summed E-state index contributed by atoms with van der Waals surface area (Å²) in [4.78, 5) is 13.5. The maximum Gasteiger partial charge on any atom is 0.227 e. The molecule has 1 amide bonds. The minimum atomic E-state index is 0.219. The van der Waals surface area contributed by atoms with E-state index in [-0.39, 0.29) is 5.91 Å². The Bertz CT molecular complexity index is 622. The minimum absolute atomic E-state index is 0.219. The summed E-state index contributed by atoms with van der Waals surface area (Å²) in [5.41, 5.74) is 3.20. The van der Waals surface area contributed by atoms with Crippen LogP contribution >= 0.6 is 11.6 Å². The van der Waals surface area contributed by atoms with Gasteiger partial charge in [0, 0.05) is 35.9 Å². The fraction of sp³-hybridized carbons (Fsp3) is 0.235. The molecule has 4 heteroatoms. The van der Waals surface area contributed by atoms with Crippen molar-refractivity contribution < 1.29 is 4.79 Å². The number of hydrogen-bond acceptors (Lipinski definition) is 2. The Balaban J connectivity index is 1.62. The van der Waals surface area contributed by atoms with Gasteiger partial charge in [-0.25, -0.2) is 0 Å². The van der Waals surface area contributed by atoms with E-state index in [1.165, 1.54) is 5.56 Å². The van der Waals surface area contributed by atoms with Gasteiger partial charge in [0.1, 0.15) is 0 Å². The number of rotatable bonds is 4. The molecular weight excluding hydrogens is 284 g/mol. The molecule has 3 rings (SSSR count). The summed E-state index contributed by atoms with van der Waals surface area (Å²) >= 11 is 5.87. The van der Waals surface area contributed by atoms with Gasteiger partial charge in [-0.2, -0.15) is 0 Å². The Morgan fingerprint density at radius 2 is 1.76 bits per heavy atom. The summed E-state index contributed by atoms with van der Waals surface area (Å²) in [6.45, 7) is 1.58. The molecule has 0 aliphatic carbocycles. The van der Waals surface area contributed by atoms with Crippen LogP contribution in [0, 0.1) is 0 Å². The largest absolute Gasteiger partial charge is 0.381 e. The van der Waals surface area contributed by atoms with Crippen LogP contribution in [0.5, 0.6) is 0 Å². The third-order valence-electron chi connectivity index (χ3n) is 3.66. The molecule has 2 aromatic rings. The molecule has 0 spiro atoms. The third kappa shape index (κ3) is 3.37. The first kappa shape index (κ1) is 14.0. The molecule has 0 radical (unpaired) electrons. The molecule has 1 N–H and O–H groups in total. The Labute approximate surface area is 129 Å². The van der Waals surface area contributed by atoms with Crippen molar-refractivity contribution in [1.29, 1.82) is 0 Å². The van der Waals surface area contributed by atoms with E-state index >= 15 is 0 Å². The molecule has 1 saturated heterocycles. The van der Waals surface area contributed by atoms with E-state index in [1.807, 2.05) is 53.4 Å². The molecule has 0 unspecified atom stereocenters. The highest BCUT2D eigenvalue weighted by atomic mass is 35.5. The van der Waals surface area contributed by atoms with Crippen LogP contribution in [0.4, 0.5) is 11.4 Å². The molecule has 2 aromatic carbocycles. The van der Waals surface area contributed by atoms with Gasteiger partial charge < -0.3 is 10.2 Å². The molecule has 1 aliphatic rings. The van der Waals surface area contributed by atoms with Gasteiger partial charge in [0.05, 0.1) is 0 Å². The second-order valence-electron chi connectivity index (χ2n) is 5.18. The number of carbonyl (C=O) groups is 1. The van der Waals surface area contributed by atoms with E-state index < -0.39 is 0 Å². The molecule has 1 fully saturated rings. The Hall–Kier alpha value is -2.00. The smallest absolute Gasteiger partial charge is 0.227 e. The van der Waals surface area contributed by atoms with Crippen molar-refractivity contribution in [2.75, 3.05) is 16.8 Å². The summed E-state index contributed by atoms with van der Waals surface area (Å²) < 4.78 is 0. The van der Waals surface area contributed by atoms with Gasteiger partial charge >= 0.3 is 0 Å². The van der Waals surface area contributed by atoms with E-state index in [4.69, 9.17) is 11.6 Å². The lowest BCUT2D eigenvalue weighted by atomic mass is 10.2. The van der Waals surface area contributed by atoms with E-state index in [9.17, 15) is 4.79 Å². The van der Waals surface area contributed by atoms with Crippen molar-refractivity contribution in [3.63, 3.8) is 0 Å². The van der Waals surface area contributed by atoms with Gasteiger partial charge in [0.15, 0.2) is 0 Å². The van der Waals surface area contributed by atoms with Crippen molar-refractivity contribution in [2.45, 2.75) is 19.4 Å². The fourth-order valence-electron chi connectivity index (χ4n) is 2.49. The molecule has 21 heavy (non-hydrogen) atoms. The number of carbonyl (C=O) groups excluding carboxylic acids is 1. The van der Waals surface area contributed by atoms with Gasteiger partial charge in [-0.15, -0.1) is 0 Å². The zero-order chi connectivity index (χ0) is 14.7. The van der Waals surface area contributed by atoms with Crippen molar-refractivity contribution in [1.82, 2.24) is 0 Å². The molecule has 1 aliphatic heterocycles. The highest BCUT2D eigenvalue weighted by Gasteiger charge is 2.21. The van der Waals surface area contributed by atoms with Crippen molar-refractivity contribution in [3.8, 4) is 0 Å². The van der Waals surface area contributed by atoms with Crippen LogP contribution in [0.3, 0.4) is 0 Å². The van der Waals surface area contributed by atoms with Crippen molar-refractivity contribution in [2.24, 2.45) is 0 Å². The van der Waals surface area contributed by atoms with E-state index in [0.29, 0.717) is 6.42 Å². The molecule has 1 heterocycles. The van der Waals surface area contributed by atoms with Gasteiger partial charge in [-0.05, 0) is 48.4 Å². The first-order chi connectivity index (χ1) is 10.2. The maximum atomic E-state index is 11.7. The molecule has 3 nitrogen and oxygen atoms in total.